The van der Waals surface area contributed by atoms with Crippen LogP contribution in [0.4, 0.5) is 0 Å². The first-order valence-corrected chi connectivity index (χ1v) is 5.44. The van der Waals surface area contributed by atoms with E-state index in [0.717, 1.165) is 24.0 Å². The molecule has 1 aromatic heterocycles. The van der Waals surface area contributed by atoms with Crippen LogP contribution in [-0.4, -0.2) is 23.3 Å². The van der Waals surface area contributed by atoms with Gasteiger partial charge in [0.15, 0.2) is 0 Å². The van der Waals surface area contributed by atoms with Crippen molar-refractivity contribution in [2.24, 2.45) is 0 Å². The lowest BCUT2D eigenvalue weighted by molar-refractivity contribution is 0.543. The summed E-state index contributed by atoms with van der Waals surface area (Å²) in [6, 6.07) is 4.28. The molecule has 2 nitrogen and oxygen atoms in total. The third kappa shape index (κ3) is 2.23. The Kier molecular flexibility index (Phi) is 2.56. The Labute approximate surface area is 83.1 Å². The number of aryl methyl sites for hydroxylation is 2. The van der Waals surface area contributed by atoms with E-state index < -0.39 is 0 Å². The molecular formula is C10H14N2S. The zero-order chi connectivity index (χ0) is 9.26. The van der Waals surface area contributed by atoms with E-state index >= 15 is 0 Å². The van der Waals surface area contributed by atoms with Gasteiger partial charge in [-0.25, -0.2) is 4.98 Å². The fourth-order valence-corrected chi connectivity index (χ4v) is 2.58. The maximum absolute atomic E-state index is 4.49. The van der Waals surface area contributed by atoms with Crippen LogP contribution >= 0.6 is 11.8 Å². The molecule has 0 aromatic carbocycles. The van der Waals surface area contributed by atoms with E-state index in [1.165, 1.54) is 10.6 Å². The maximum Gasteiger partial charge on any atom is 0.0969 e. The lowest BCUT2D eigenvalue weighted by Crippen LogP contribution is -2.44. The summed E-state index contributed by atoms with van der Waals surface area (Å²) in [5.41, 5.74) is 2.43. The summed E-state index contributed by atoms with van der Waals surface area (Å²) in [6.45, 7) is 6.42. The van der Waals surface area contributed by atoms with Gasteiger partial charge in [0.2, 0.25) is 0 Å². The monoisotopic (exact) mass is 194 g/mol. The first-order chi connectivity index (χ1) is 6.24. The minimum absolute atomic E-state index is 0.730. The molecular weight excluding hydrogens is 180 g/mol. The van der Waals surface area contributed by atoms with Crippen molar-refractivity contribution in [3.05, 3.63) is 23.4 Å². The molecule has 1 N–H and O–H groups in total. The largest absolute Gasteiger partial charge is 0.314 e. The fourth-order valence-electron chi connectivity index (χ4n) is 1.38. The van der Waals surface area contributed by atoms with Crippen molar-refractivity contribution in [2.75, 3.05) is 13.1 Å². The second kappa shape index (κ2) is 3.68. The quantitative estimate of drug-likeness (QED) is 0.776. The highest BCUT2D eigenvalue weighted by atomic mass is 32.2. The van der Waals surface area contributed by atoms with E-state index in [1.54, 1.807) is 0 Å². The Morgan fingerprint density at radius 2 is 2.15 bits per heavy atom. The van der Waals surface area contributed by atoms with Crippen molar-refractivity contribution in [2.45, 2.75) is 24.1 Å². The van der Waals surface area contributed by atoms with Crippen LogP contribution in [0.5, 0.6) is 0 Å². The van der Waals surface area contributed by atoms with Gasteiger partial charge in [-0.1, -0.05) is 0 Å². The Balaban J connectivity index is 2.10. The van der Waals surface area contributed by atoms with Crippen molar-refractivity contribution in [3.63, 3.8) is 0 Å². The predicted octanol–water partition coefficient (Wildman–Crippen LogP) is 1.76. The Bertz CT molecular complexity index is 288. The molecule has 0 unspecified atom stereocenters. The van der Waals surface area contributed by atoms with Crippen LogP contribution in [0.1, 0.15) is 11.3 Å². The van der Waals surface area contributed by atoms with Crippen LogP contribution in [0.25, 0.3) is 0 Å². The molecule has 3 heteroatoms. The predicted molar refractivity (Wildman–Crippen MR) is 56.2 cm³/mol. The Morgan fingerprint density at radius 3 is 2.69 bits per heavy atom. The highest BCUT2D eigenvalue weighted by molar-refractivity contribution is 8.00. The summed E-state index contributed by atoms with van der Waals surface area (Å²) in [5, 5.41) is 5.16. The first-order valence-electron chi connectivity index (χ1n) is 4.57. The number of pyridine rings is 1. The van der Waals surface area contributed by atoms with E-state index in [2.05, 4.69) is 36.3 Å². The lowest BCUT2D eigenvalue weighted by atomic mass is 10.2. The number of nitrogens with one attached hydrogen (secondary N) is 1. The van der Waals surface area contributed by atoms with E-state index in [0.29, 0.717) is 0 Å². The number of rotatable bonds is 2. The molecule has 1 fully saturated rings. The number of hydrogen-bond acceptors (Lipinski definition) is 3. The zero-order valence-corrected chi connectivity index (χ0v) is 8.82. The van der Waals surface area contributed by atoms with Gasteiger partial charge >= 0.3 is 0 Å². The molecule has 70 valence electrons. The number of thioether (sulfide) groups is 1. The van der Waals surface area contributed by atoms with Gasteiger partial charge < -0.3 is 5.32 Å². The second-order valence-corrected chi connectivity index (χ2v) is 4.84. The lowest BCUT2D eigenvalue weighted by Gasteiger charge is -2.25. The average Bonchev–Trinajstić information content (AvgIpc) is 1.95. The van der Waals surface area contributed by atoms with Crippen molar-refractivity contribution in [1.29, 1.82) is 0 Å². The summed E-state index contributed by atoms with van der Waals surface area (Å²) >= 11 is 1.89. The van der Waals surface area contributed by atoms with Crippen LogP contribution in [0.2, 0.25) is 0 Å². The van der Waals surface area contributed by atoms with Crippen LogP contribution < -0.4 is 5.32 Å². The highest BCUT2D eigenvalue weighted by Crippen LogP contribution is 2.24. The topological polar surface area (TPSA) is 24.9 Å². The number of nitrogens with zero attached hydrogens (tertiary/aromatic N) is 1. The van der Waals surface area contributed by atoms with Gasteiger partial charge in [0.05, 0.1) is 5.03 Å². The van der Waals surface area contributed by atoms with Crippen molar-refractivity contribution >= 4 is 11.8 Å². The highest BCUT2D eigenvalue weighted by Gasteiger charge is 2.18. The van der Waals surface area contributed by atoms with E-state index in [1.807, 2.05) is 11.8 Å². The van der Waals surface area contributed by atoms with Gasteiger partial charge in [-0.05, 0) is 31.5 Å². The summed E-state index contributed by atoms with van der Waals surface area (Å²) in [6.07, 6.45) is 0. The Hall–Kier alpha value is -0.540. The van der Waals surface area contributed by atoms with E-state index in [9.17, 15) is 0 Å². The molecule has 1 saturated heterocycles. The van der Waals surface area contributed by atoms with Gasteiger partial charge in [-0.2, -0.15) is 0 Å². The number of hydrogen-bond donors (Lipinski definition) is 1. The smallest absolute Gasteiger partial charge is 0.0969 e. The van der Waals surface area contributed by atoms with Crippen molar-refractivity contribution in [3.8, 4) is 0 Å². The average molecular weight is 194 g/mol. The summed E-state index contributed by atoms with van der Waals surface area (Å²) in [5.74, 6) is 0. The fraction of sp³-hybridized carbons (Fsp3) is 0.500. The standard InChI is InChI=1S/C10H14N2S/c1-7-3-8(2)12-10(4-7)13-9-5-11-6-9/h3-4,9,11H,5-6H2,1-2H3. The minimum Gasteiger partial charge on any atom is -0.314 e. The van der Waals surface area contributed by atoms with Gasteiger partial charge in [-0.3, -0.25) is 0 Å². The van der Waals surface area contributed by atoms with Gasteiger partial charge in [0.25, 0.3) is 0 Å². The normalized spacial score (nSPS) is 17.1. The van der Waals surface area contributed by atoms with Crippen LogP contribution in [0.15, 0.2) is 17.2 Å². The molecule has 0 spiro atoms. The summed E-state index contributed by atoms with van der Waals surface area (Å²) in [4.78, 5) is 4.49. The van der Waals surface area contributed by atoms with Crippen LogP contribution in [0.3, 0.4) is 0 Å². The molecule has 0 radical (unpaired) electrons. The Morgan fingerprint density at radius 1 is 1.38 bits per heavy atom. The molecule has 2 rings (SSSR count). The molecule has 1 aliphatic heterocycles. The molecule has 0 amide bonds. The molecule has 13 heavy (non-hydrogen) atoms. The van der Waals surface area contributed by atoms with E-state index in [4.69, 9.17) is 0 Å². The molecule has 1 aromatic rings. The summed E-state index contributed by atoms with van der Waals surface area (Å²) < 4.78 is 0. The molecule has 1 aliphatic rings. The molecule has 0 saturated carbocycles. The molecule has 0 aliphatic carbocycles. The second-order valence-electron chi connectivity index (χ2n) is 3.52. The van der Waals surface area contributed by atoms with Crippen molar-refractivity contribution in [1.82, 2.24) is 10.3 Å². The first kappa shape index (κ1) is 9.03. The number of aromatic nitrogens is 1. The zero-order valence-electron chi connectivity index (χ0n) is 8.00. The van der Waals surface area contributed by atoms with Gasteiger partial charge in [0.1, 0.15) is 0 Å². The van der Waals surface area contributed by atoms with Gasteiger partial charge in [0, 0.05) is 24.0 Å². The van der Waals surface area contributed by atoms with E-state index in [-0.39, 0.29) is 0 Å². The SMILES string of the molecule is Cc1cc(C)nc(SC2CNC2)c1. The van der Waals surface area contributed by atoms with Crippen LogP contribution in [-0.2, 0) is 0 Å². The maximum atomic E-state index is 4.49. The minimum atomic E-state index is 0.730. The summed E-state index contributed by atoms with van der Waals surface area (Å²) in [7, 11) is 0. The third-order valence-electron chi connectivity index (χ3n) is 2.11. The van der Waals surface area contributed by atoms with Crippen LogP contribution in [0, 0.1) is 13.8 Å². The molecule has 0 bridgehead atoms. The third-order valence-corrected chi connectivity index (χ3v) is 3.22. The van der Waals surface area contributed by atoms with Gasteiger partial charge in [-0.15, -0.1) is 11.8 Å². The molecule has 2 heterocycles. The van der Waals surface area contributed by atoms with Crippen molar-refractivity contribution < 1.29 is 0 Å². The molecule has 0 atom stereocenters.